The van der Waals surface area contributed by atoms with Crippen LogP contribution in [0.15, 0.2) is 25.0 Å². The Morgan fingerprint density at radius 1 is 0.914 bits per heavy atom. The number of carboxylic acid groups (broad SMARTS) is 1. The van der Waals surface area contributed by atoms with Crippen LogP contribution in [0.3, 0.4) is 0 Å². The number of amides is 3. The zero-order valence-electron chi connectivity index (χ0n) is 19.5. The number of aromatic nitrogens is 4. The Kier molecular flexibility index (Phi) is 10.8. The number of rotatable bonds is 15. The highest BCUT2D eigenvalue weighted by atomic mass is 16.4. The quantitative estimate of drug-likeness (QED) is 0.128. The van der Waals surface area contributed by atoms with Gasteiger partial charge in [-0.25, -0.2) is 9.97 Å². The molecule has 2 rings (SSSR count). The molecule has 0 fully saturated rings. The maximum Gasteiger partial charge on any atom is 0.325 e. The molecule has 0 spiro atoms. The predicted molar refractivity (Wildman–Crippen MR) is 125 cm³/mol. The molecule has 35 heavy (non-hydrogen) atoms. The van der Waals surface area contributed by atoms with Gasteiger partial charge in [-0.2, -0.15) is 0 Å². The lowest BCUT2D eigenvalue weighted by molar-refractivity contribution is -0.141. The number of hydrogen-bond donors (Lipinski definition) is 8. The van der Waals surface area contributed by atoms with Crippen LogP contribution in [-0.2, 0) is 32.0 Å². The standard InChI is InChI=1S/C21H33N9O5/c1-12(21(34)35)28-20(33)17(7-14-9-25-11-27-14)30-19(32)16(4-2-3-5-22)29-18(31)15(23)6-13-8-24-10-26-13/h8-12,15-17H,2-7,22-23H2,1H3,(H,24,26)(H,25,27)(H,28,33)(H,29,31)(H,30,32)(H,34,35). The Balaban J connectivity index is 2.11. The van der Waals surface area contributed by atoms with Crippen LogP contribution >= 0.6 is 0 Å². The monoisotopic (exact) mass is 491 g/mol. The molecule has 0 saturated carbocycles. The first-order valence-electron chi connectivity index (χ1n) is 11.2. The van der Waals surface area contributed by atoms with Crippen molar-refractivity contribution in [2.24, 2.45) is 11.5 Å². The van der Waals surface area contributed by atoms with Crippen molar-refractivity contribution in [2.75, 3.05) is 6.54 Å². The third-order valence-corrected chi connectivity index (χ3v) is 5.25. The van der Waals surface area contributed by atoms with E-state index in [1.807, 2.05) is 0 Å². The largest absolute Gasteiger partial charge is 0.480 e. The van der Waals surface area contributed by atoms with Gasteiger partial charge >= 0.3 is 5.97 Å². The number of unbranched alkanes of at least 4 members (excludes halogenated alkanes) is 1. The molecule has 14 heteroatoms. The second-order valence-corrected chi connectivity index (χ2v) is 8.14. The van der Waals surface area contributed by atoms with E-state index in [-0.39, 0.29) is 19.3 Å². The number of carboxylic acids is 1. The van der Waals surface area contributed by atoms with Gasteiger partial charge < -0.3 is 42.5 Å². The van der Waals surface area contributed by atoms with Gasteiger partial charge in [-0.1, -0.05) is 0 Å². The Hall–Kier alpha value is -3.78. The highest BCUT2D eigenvalue weighted by Gasteiger charge is 2.29. The van der Waals surface area contributed by atoms with Gasteiger partial charge in [-0.15, -0.1) is 0 Å². The van der Waals surface area contributed by atoms with Gasteiger partial charge in [0.1, 0.15) is 18.1 Å². The first kappa shape index (κ1) is 27.5. The minimum Gasteiger partial charge on any atom is -0.480 e. The smallest absolute Gasteiger partial charge is 0.325 e. The molecule has 4 atom stereocenters. The summed E-state index contributed by atoms with van der Waals surface area (Å²) in [7, 11) is 0. The van der Waals surface area contributed by atoms with Crippen LogP contribution in [-0.4, -0.2) is 79.4 Å². The Morgan fingerprint density at radius 3 is 2.03 bits per heavy atom. The van der Waals surface area contributed by atoms with Crippen molar-refractivity contribution < 1.29 is 24.3 Å². The number of aromatic amines is 2. The molecule has 10 N–H and O–H groups in total. The van der Waals surface area contributed by atoms with E-state index in [0.29, 0.717) is 30.8 Å². The van der Waals surface area contributed by atoms with Crippen molar-refractivity contribution in [3.8, 4) is 0 Å². The lowest BCUT2D eigenvalue weighted by Gasteiger charge is -2.24. The van der Waals surface area contributed by atoms with E-state index in [2.05, 4.69) is 35.9 Å². The van der Waals surface area contributed by atoms with Crippen molar-refractivity contribution in [3.05, 3.63) is 36.4 Å². The van der Waals surface area contributed by atoms with E-state index >= 15 is 0 Å². The van der Waals surface area contributed by atoms with Gasteiger partial charge in [0.15, 0.2) is 0 Å². The first-order valence-corrected chi connectivity index (χ1v) is 11.2. The van der Waals surface area contributed by atoms with Gasteiger partial charge in [0.05, 0.1) is 18.7 Å². The molecule has 14 nitrogen and oxygen atoms in total. The molecule has 3 amide bonds. The molecule has 192 valence electrons. The van der Waals surface area contributed by atoms with Crippen LogP contribution in [0, 0.1) is 0 Å². The summed E-state index contributed by atoms with van der Waals surface area (Å²) in [5.74, 6) is -3.05. The summed E-state index contributed by atoms with van der Waals surface area (Å²) in [4.78, 5) is 63.2. The molecule has 0 aliphatic heterocycles. The number of carbonyl (C=O) groups is 4. The fourth-order valence-electron chi connectivity index (χ4n) is 3.24. The number of H-pyrrole nitrogens is 2. The van der Waals surface area contributed by atoms with Gasteiger partial charge in [-0.05, 0) is 32.7 Å². The summed E-state index contributed by atoms with van der Waals surface area (Å²) in [5, 5.41) is 16.7. The van der Waals surface area contributed by atoms with Crippen LogP contribution in [0.2, 0.25) is 0 Å². The summed E-state index contributed by atoms with van der Waals surface area (Å²) >= 11 is 0. The normalized spacial score (nSPS) is 14.4. The van der Waals surface area contributed by atoms with Crippen LogP contribution < -0.4 is 27.4 Å². The SMILES string of the molecule is CC(NC(=O)C(Cc1cnc[nH]1)NC(=O)C(CCCCN)NC(=O)C(N)Cc1cnc[nH]1)C(=O)O. The number of nitrogens with zero attached hydrogens (tertiary/aromatic N) is 2. The minimum atomic E-state index is -1.22. The first-order chi connectivity index (χ1) is 16.7. The second-order valence-electron chi connectivity index (χ2n) is 8.14. The number of nitrogens with two attached hydrogens (primary N) is 2. The third kappa shape index (κ3) is 9.17. The van der Waals surface area contributed by atoms with Crippen molar-refractivity contribution in [2.45, 2.75) is 63.2 Å². The minimum absolute atomic E-state index is 0.0344. The van der Waals surface area contributed by atoms with E-state index in [4.69, 9.17) is 16.6 Å². The fourth-order valence-corrected chi connectivity index (χ4v) is 3.24. The molecule has 0 bridgehead atoms. The molecule has 0 aromatic carbocycles. The molecule has 2 heterocycles. The average molecular weight is 492 g/mol. The van der Waals surface area contributed by atoms with Gasteiger partial charge in [0.25, 0.3) is 0 Å². The van der Waals surface area contributed by atoms with Crippen LogP contribution in [0.1, 0.15) is 37.6 Å². The molecule has 0 aliphatic carbocycles. The highest BCUT2D eigenvalue weighted by Crippen LogP contribution is 2.06. The summed E-state index contributed by atoms with van der Waals surface area (Å²) in [5.41, 5.74) is 12.8. The Morgan fingerprint density at radius 2 is 1.49 bits per heavy atom. The molecular weight excluding hydrogens is 458 g/mol. The third-order valence-electron chi connectivity index (χ3n) is 5.25. The second kappa shape index (κ2) is 13.8. The number of carbonyl (C=O) groups excluding carboxylic acids is 3. The van der Waals surface area contributed by atoms with E-state index in [9.17, 15) is 19.2 Å². The summed E-state index contributed by atoms with van der Waals surface area (Å²) in [6.07, 6.45) is 7.62. The lowest BCUT2D eigenvalue weighted by atomic mass is 10.0. The van der Waals surface area contributed by atoms with Gasteiger partial charge in [0, 0.05) is 36.6 Å². The lowest BCUT2D eigenvalue weighted by Crippen LogP contribution is -2.57. The fraction of sp³-hybridized carbons (Fsp3) is 0.524. The van der Waals surface area contributed by atoms with Crippen molar-refractivity contribution >= 4 is 23.7 Å². The Bertz CT molecular complexity index is 949. The van der Waals surface area contributed by atoms with E-state index in [1.165, 1.54) is 25.8 Å². The number of imidazole rings is 2. The maximum absolute atomic E-state index is 13.1. The van der Waals surface area contributed by atoms with Crippen LogP contribution in [0.5, 0.6) is 0 Å². The zero-order valence-corrected chi connectivity index (χ0v) is 19.5. The van der Waals surface area contributed by atoms with Gasteiger partial charge in [-0.3, -0.25) is 19.2 Å². The van der Waals surface area contributed by atoms with Crippen molar-refractivity contribution in [3.63, 3.8) is 0 Å². The molecule has 4 unspecified atom stereocenters. The summed E-state index contributed by atoms with van der Waals surface area (Å²) in [6, 6.07) is -4.18. The Labute approximate surface area is 202 Å². The van der Waals surface area contributed by atoms with E-state index in [1.54, 1.807) is 6.20 Å². The van der Waals surface area contributed by atoms with Gasteiger partial charge in [0.2, 0.25) is 17.7 Å². The zero-order chi connectivity index (χ0) is 25.8. The van der Waals surface area contributed by atoms with Crippen molar-refractivity contribution in [1.29, 1.82) is 0 Å². The van der Waals surface area contributed by atoms with Crippen LogP contribution in [0.25, 0.3) is 0 Å². The number of nitrogens with one attached hydrogen (secondary N) is 5. The molecular formula is C21H33N9O5. The van der Waals surface area contributed by atoms with Crippen LogP contribution in [0.4, 0.5) is 0 Å². The molecule has 0 saturated heterocycles. The number of hydrogen-bond acceptors (Lipinski definition) is 8. The predicted octanol–water partition coefficient (Wildman–Crippen LogP) is -2.07. The molecule has 0 aliphatic rings. The van der Waals surface area contributed by atoms with E-state index in [0.717, 1.165) is 0 Å². The van der Waals surface area contributed by atoms with E-state index < -0.39 is 47.9 Å². The molecule has 2 aromatic rings. The summed E-state index contributed by atoms with van der Waals surface area (Å²) in [6.45, 7) is 1.73. The maximum atomic E-state index is 13.1. The number of aliphatic carboxylic acids is 1. The van der Waals surface area contributed by atoms with Crippen molar-refractivity contribution in [1.82, 2.24) is 35.9 Å². The summed E-state index contributed by atoms with van der Waals surface area (Å²) < 4.78 is 0. The topological polar surface area (TPSA) is 234 Å². The molecule has 0 radical (unpaired) electrons. The highest BCUT2D eigenvalue weighted by molar-refractivity contribution is 5.94. The average Bonchev–Trinajstić information content (AvgIpc) is 3.52. The molecule has 2 aromatic heterocycles.